The van der Waals surface area contributed by atoms with Crippen LogP contribution in [0, 0.1) is 0 Å². The van der Waals surface area contributed by atoms with Crippen LogP contribution in [0.1, 0.15) is 49.3 Å². The number of aliphatic hydroxyl groups is 1. The zero-order chi connectivity index (χ0) is 18.1. The molecule has 3 rings (SSSR count). The number of phenolic OH excluding ortho intramolecular Hbond substituents is 2. The summed E-state index contributed by atoms with van der Waals surface area (Å²) in [7, 11) is 0. The van der Waals surface area contributed by atoms with Crippen LogP contribution in [0.25, 0.3) is 11.3 Å². The number of nitrogens with zero attached hydrogens (tertiary/aromatic N) is 2. The first-order valence-electron chi connectivity index (χ1n) is 8.23. The monoisotopic (exact) mass is 346 g/mol. The van der Waals surface area contributed by atoms with Crippen molar-refractivity contribution in [1.29, 1.82) is 0 Å². The third-order valence-electron chi connectivity index (χ3n) is 4.21. The number of hydroxylamine groups is 2. The van der Waals surface area contributed by atoms with Gasteiger partial charge in [0.2, 0.25) is 0 Å². The average Bonchev–Trinajstić information content (AvgIpc) is 3.20. The van der Waals surface area contributed by atoms with E-state index in [-0.39, 0.29) is 24.0 Å². The minimum atomic E-state index is -0.216. The number of hydrogen-bond acceptors (Lipinski definition) is 7. The Morgan fingerprint density at radius 1 is 1.20 bits per heavy atom. The van der Waals surface area contributed by atoms with E-state index in [1.165, 1.54) is 6.07 Å². The van der Waals surface area contributed by atoms with Gasteiger partial charge < -0.3 is 24.7 Å². The maximum atomic E-state index is 10.4. The van der Waals surface area contributed by atoms with E-state index >= 15 is 0 Å². The fraction of sp³-hybridized carbons (Fsp3) is 0.389. The first-order valence-corrected chi connectivity index (χ1v) is 8.23. The third kappa shape index (κ3) is 3.20. The Morgan fingerprint density at radius 3 is 2.56 bits per heavy atom. The van der Waals surface area contributed by atoms with Crippen LogP contribution >= 0.6 is 0 Å². The van der Waals surface area contributed by atoms with E-state index in [9.17, 15) is 15.3 Å². The minimum Gasteiger partial charge on any atom is -0.508 e. The van der Waals surface area contributed by atoms with Gasteiger partial charge in [0, 0.05) is 18.7 Å². The van der Waals surface area contributed by atoms with E-state index in [2.05, 4.69) is 5.16 Å². The van der Waals surface area contributed by atoms with Gasteiger partial charge in [-0.1, -0.05) is 19.0 Å². The Morgan fingerprint density at radius 2 is 1.96 bits per heavy atom. The summed E-state index contributed by atoms with van der Waals surface area (Å²) < 4.78 is 5.32. The van der Waals surface area contributed by atoms with E-state index in [4.69, 9.17) is 9.36 Å². The van der Waals surface area contributed by atoms with Gasteiger partial charge in [-0.3, -0.25) is 0 Å². The largest absolute Gasteiger partial charge is 0.508 e. The molecule has 0 fully saturated rings. The summed E-state index contributed by atoms with van der Waals surface area (Å²) in [6.45, 7) is 6.77. The Bertz CT molecular complexity index is 810. The van der Waals surface area contributed by atoms with Gasteiger partial charge in [0.15, 0.2) is 11.5 Å². The van der Waals surface area contributed by atoms with Crippen LogP contribution in [0.2, 0.25) is 0 Å². The number of aromatic nitrogens is 1. The van der Waals surface area contributed by atoms with Crippen molar-refractivity contribution in [2.24, 2.45) is 0 Å². The van der Waals surface area contributed by atoms with Crippen molar-refractivity contribution < 1.29 is 24.7 Å². The summed E-state index contributed by atoms with van der Waals surface area (Å²) in [6.07, 6.45) is 0. The Labute approximate surface area is 145 Å². The van der Waals surface area contributed by atoms with Gasteiger partial charge >= 0.3 is 0 Å². The van der Waals surface area contributed by atoms with Crippen molar-refractivity contribution >= 4 is 11.3 Å². The summed E-state index contributed by atoms with van der Waals surface area (Å²) in [5.41, 5.74) is 2.35. The highest BCUT2D eigenvalue weighted by Gasteiger charge is 2.30. The van der Waals surface area contributed by atoms with Crippen molar-refractivity contribution in [1.82, 2.24) is 10.2 Å². The molecule has 0 amide bonds. The summed E-state index contributed by atoms with van der Waals surface area (Å²) >= 11 is 0. The Hall–Kier alpha value is -2.51. The number of hydrogen-bond donors (Lipinski definition) is 3. The second-order valence-corrected chi connectivity index (χ2v) is 6.28. The summed E-state index contributed by atoms with van der Waals surface area (Å²) in [5.74, 6) is 0.994. The van der Waals surface area contributed by atoms with Crippen molar-refractivity contribution in [2.75, 3.05) is 13.1 Å². The molecule has 0 aliphatic carbocycles. The molecule has 1 aliphatic rings. The lowest BCUT2D eigenvalue weighted by Gasteiger charge is -2.16. The van der Waals surface area contributed by atoms with Crippen molar-refractivity contribution in [3.8, 4) is 11.5 Å². The van der Waals surface area contributed by atoms with E-state index in [1.807, 2.05) is 20.8 Å². The summed E-state index contributed by atoms with van der Waals surface area (Å²) in [4.78, 5) is 5.88. The van der Waals surface area contributed by atoms with E-state index in [0.717, 1.165) is 5.57 Å². The van der Waals surface area contributed by atoms with Crippen molar-refractivity contribution in [2.45, 2.75) is 33.3 Å². The molecule has 0 saturated heterocycles. The molecule has 2 heterocycles. The fourth-order valence-corrected chi connectivity index (χ4v) is 2.81. The predicted octanol–water partition coefficient (Wildman–Crippen LogP) is 2.84. The Kier molecular flexibility index (Phi) is 4.69. The molecule has 7 heteroatoms. The van der Waals surface area contributed by atoms with Gasteiger partial charge in [0.05, 0.1) is 24.3 Å². The summed E-state index contributed by atoms with van der Waals surface area (Å²) in [5, 5.41) is 35.1. The van der Waals surface area contributed by atoms with Crippen LogP contribution in [0.3, 0.4) is 0 Å². The van der Waals surface area contributed by atoms with Gasteiger partial charge in [-0.2, -0.15) is 0 Å². The molecule has 0 bridgehead atoms. The highest BCUT2D eigenvalue weighted by molar-refractivity contribution is 5.90. The fourth-order valence-electron chi connectivity index (χ4n) is 2.81. The third-order valence-corrected chi connectivity index (χ3v) is 4.21. The van der Waals surface area contributed by atoms with Crippen molar-refractivity contribution in [3.63, 3.8) is 0 Å². The van der Waals surface area contributed by atoms with Crippen LogP contribution in [-0.4, -0.2) is 38.6 Å². The second-order valence-electron chi connectivity index (χ2n) is 6.28. The van der Waals surface area contributed by atoms with Gasteiger partial charge in [0.1, 0.15) is 17.2 Å². The zero-order valence-corrected chi connectivity index (χ0v) is 14.5. The molecule has 0 spiro atoms. The molecule has 2 aromatic rings. The topological polar surface area (TPSA) is 99.2 Å². The van der Waals surface area contributed by atoms with E-state index in [0.29, 0.717) is 41.4 Å². The number of benzene rings is 1. The highest BCUT2D eigenvalue weighted by atomic mass is 16.7. The van der Waals surface area contributed by atoms with Gasteiger partial charge in [0.25, 0.3) is 0 Å². The second kappa shape index (κ2) is 6.78. The van der Waals surface area contributed by atoms with E-state index < -0.39 is 0 Å². The van der Waals surface area contributed by atoms with Crippen molar-refractivity contribution in [3.05, 3.63) is 40.8 Å². The number of aliphatic hydroxyl groups excluding tert-OH is 1. The quantitative estimate of drug-likeness (QED) is 0.765. The lowest BCUT2D eigenvalue weighted by molar-refractivity contribution is -0.0557. The molecule has 0 saturated carbocycles. The maximum Gasteiger partial charge on any atom is 0.168 e. The molecule has 1 aromatic heterocycles. The molecule has 0 unspecified atom stereocenters. The lowest BCUT2D eigenvalue weighted by atomic mass is 9.96. The van der Waals surface area contributed by atoms with Crippen LogP contribution < -0.4 is 0 Å². The number of phenols is 2. The first kappa shape index (κ1) is 17.3. The first-order chi connectivity index (χ1) is 11.9. The maximum absolute atomic E-state index is 10.4. The highest BCUT2D eigenvalue weighted by Crippen LogP contribution is 2.41. The SMILES string of the molecule is CCN1CC(c2cc(CO)no2)=C(c2cc(C(C)C)c(O)cc2O)O1. The van der Waals surface area contributed by atoms with Gasteiger partial charge in [-0.25, -0.2) is 0 Å². The summed E-state index contributed by atoms with van der Waals surface area (Å²) in [6, 6.07) is 4.71. The van der Waals surface area contributed by atoms with Gasteiger partial charge in [-0.15, -0.1) is 5.06 Å². The molecule has 3 N–H and O–H groups in total. The standard InChI is InChI=1S/C18H22N2O5/c1-4-20-8-14(17-5-11(9-21)19-24-17)18(25-20)13-6-12(10(2)3)15(22)7-16(13)23/h5-7,10,21-23H,4,8-9H2,1-3H3. The number of likely N-dealkylation sites (N-methyl/N-ethyl adjacent to an activating group) is 1. The average molecular weight is 346 g/mol. The van der Waals surface area contributed by atoms with Crippen LogP contribution in [-0.2, 0) is 11.4 Å². The molecule has 25 heavy (non-hydrogen) atoms. The normalized spacial score (nSPS) is 15.2. The van der Waals surface area contributed by atoms with Gasteiger partial charge in [-0.05, 0) is 24.5 Å². The van der Waals surface area contributed by atoms with E-state index in [1.54, 1.807) is 17.2 Å². The molecule has 7 nitrogen and oxygen atoms in total. The molecular formula is C18H22N2O5. The molecular weight excluding hydrogens is 324 g/mol. The van der Waals surface area contributed by atoms with Crippen LogP contribution in [0.5, 0.6) is 11.5 Å². The lowest BCUT2D eigenvalue weighted by Crippen LogP contribution is -2.18. The molecule has 1 aromatic carbocycles. The number of aromatic hydroxyl groups is 2. The predicted molar refractivity (Wildman–Crippen MR) is 91.4 cm³/mol. The Balaban J connectivity index is 2.13. The zero-order valence-electron chi connectivity index (χ0n) is 14.5. The smallest absolute Gasteiger partial charge is 0.168 e. The molecule has 0 radical (unpaired) electrons. The number of rotatable bonds is 5. The van der Waals surface area contributed by atoms with Crippen LogP contribution in [0.15, 0.2) is 22.7 Å². The minimum absolute atomic E-state index is 0.0472. The molecule has 134 valence electrons. The molecule has 1 aliphatic heterocycles. The van der Waals surface area contributed by atoms with Crippen LogP contribution in [0.4, 0.5) is 0 Å². The molecule has 0 atom stereocenters.